The first-order valence-electron chi connectivity index (χ1n) is 8.80. The van der Waals surface area contributed by atoms with Crippen molar-refractivity contribution >= 4 is 11.9 Å². The van der Waals surface area contributed by atoms with Gasteiger partial charge in [0.2, 0.25) is 5.91 Å². The Kier molecular flexibility index (Phi) is 5.51. The third-order valence-electron chi connectivity index (χ3n) is 5.28. The molecule has 1 aromatic rings. The Bertz CT molecular complexity index is 566. The number of aliphatic carboxylic acids is 1. The quantitative estimate of drug-likeness (QED) is 0.921. The first-order chi connectivity index (χ1) is 11.6. The van der Waals surface area contributed by atoms with Crippen LogP contribution >= 0.6 is 0 Å². The van der Waals surface area contributed by atoms with E-state index in [4.69, 9.17) is 9.84 Å². The van der Waals surface area contributed by atoms with E-state index in [2.05, 4.69) is 24.3 Å². The van der Waals surface area contributed by atoms with Gasteiger partial charge in [0.1, 0.15) is 0 Å². The molecule has 1 saturated carbocycles. The number of rotatable bonds is 4. The van der Waals surface area contributed by atoms with Crippen molar-refractivity contribution in [3.63, 3.8) is 0 Å². The highest BCUT2D eigenvalue weighted by molar-refractivity contribution is 5.78. The Morgan fingerprint density at radius 2 is 1.83 bits per heavy atom. The molecule has 2 aliphatic rings. The van der Waals surface area contributed by atoms with Crippen molar-refractivity contribution in [3.05, 3.63) is 35.9 Å². The third kappa shape index (κ3) is 4.15. The third-order valence-corrected chi connectivity index (χ3v) is 5.28. The fourth-order valence-electron chi connectivity index (χ4n) is 3.83. The van der Waals surface area contributed by atoms with Gasteiger partial charge in [-0.1, -0.05) is 30.3 Å². The largest absolute Gasteiger partial charge is 0.479 e. The van der Waals surface area contributed by atoms with Crippen molar-refractivity contribution < 1.29 is 19.4 Å². The van der Waals surface area contributed by atoms with Crippen LogP contribution in [0, 0.1) is 5.92 Å². The molecule has 130 valence electrons. The molecule has 1 saturated heterocycles. The lowest BCUT2D eigenvalue weighted by molar-refractivity contribution is -0.159. The van der Waals surface area contributed by atoms with Crippen LogP contribution < -0.4 is 0 Å². The molecule has 1 aliphatic carbocycles. The maximum absolute atomic E-state index is 12.5. The van der Waals surface area contributed by atoms with Crippen LogP contribution in [-0.4, -0.2) is 47.7 Å². The zero-order valence-electron chi connectivity index (χ0n) is 13.9. The number of morpholine rings is 1. The molecule has 1 heterocycles. The summed E-state index contributed by atoms with van der Waals surface area (Å²) in [5, 5.41) is 9.03. The number of benzene rings is 1. The molecule has 24 heavy (non-hydrogen) atoms. The summed E-state index contributed by atoms with van der Waals surface area (Å²) in [4.78, 5) is 25.1. The summed E-state index contributed by atoms with van der Waals surface area (Å²) in [7, 11) is 0. The summed E-state index contributed by atoms with van der Waals surface area (Å²) in [6, 6.07) is 10.6. The van der Waals surface area contributed by atoms with Crippen LogP contribution in [0.2, 0.25) is 0 Å². The molecule has 2 fully saturated rings. The molecule has 1 atom stereocenters. The van der Waals surface area contributed by atoms with Gasteiger partial charge in [-0.25, -0.2) is 4.79 Å². The highest BCUT2D eigenvalue weighted by Crippen LogP contribution is 2.37. The first kappa shape index (κ1) is 17.0. The Morgan fingerprint density at radius 3 is 2.50 bits per heavy atom. The summed E-state index contributed by atoms with van der Waals surface area (Å²) in [6.07, 6.45) is 4.05. The van der Waals surface area contributed by atoms with Gasteiger partial charge in [0.05, 0.1) is 13.2 Å². The van der Waals surface area contributed by atoms with Crippen molar-refractivity contribution in [2.45, 2.75) is 44.1 Å². The van der Waals surface area contributed by atoms with Gasteiger partial charge in [-0.3, -0.25) is 4.79 Å². The summed E-state index contributed by atoms with van der Waals surface area (Å²) in [6.45, 7) is 0.985. The summed E-state index contributed by atoms with van der Waals surface area (Å²) < 4.78 is 5.18. The van der Waals surface area contributed by atoms with Gasteiger partial charge in [-0.2, -0.15) is 0 Å². The molecule has 0 aromatic heterocycles. The van der Waals surface area contributed by atoms with Crippen molar-refractivity contribution in [2.24, 2.45) is 5.92 Å². The molecule has 0 spiro atoms. The van der Waals surface area contributed by atoms with Crippen LogP contribution in [0.4, 0.5) is 0 Å². The fraction of sp³-hybridized carbons (Fsp3) is 0.579. The van der Waals surface area contributed by atoms with Gasteiger partial charge in [-0.15, -0.1) is 0 Å². The van der Waals surface area contributed by atoms with E-state index in [1.807, 2.05) is 6.07 Å². The smallest absolute Gasteiger partial charge is 0.334 e. The zero-order chi connectivity index (χ0) is 16.9. The second-order valence-corrected chi connectivity index (χ2v) is 6.87. The Hall–Kier alpha value is -1.88. The van der Waals surface area contributed by atoms with Crippen molar-refractivity contribution in [2.75, 3.05) is 19.7 Å². The van der Waals surface area contributed by atoms with Crippen molar-refractivity contribution in [1.82, 2.24) is 4.90 Å². The van der Waals surface area contributed by atoms with Gasteiger partial charge in [-0.05, 0) is 43.1 Å². The van der Waals surface area contributed by atoms with E-state index >= 15 is 0 Å². The van der Waals surface area contributed by atoms with Gasteiger partial charge in [0, 0.05) is 13.0 Å². The molecular weight excluding hydrogens is 306 g/mol. The minimum absolute atomic E-state index is 0.0766. The number of nitrogens with zero attached hydrogens (tertiary/aromatic N) is 1. The van der Waals surface area contributed by atoms with Crippen molar-refractivity contribution in [3.8, 4) is 0 Å². The van der Waals surface area contributed by atoms with E-state index in [1.165, 1.54) is 5.56 Å². The number of carboxylic acid groups (broad SMARTS) is 1. The Labute approximate surface area is 142 Å². The molecule has 0 radical (unpaired) electrons. The number of carbonyl (C=O) groups is 2. The van der Waals surface area contributed by atoms with E-state index in [0.29, 0.717) is 31.4 Å². The average molecular weight is 331 g/mol. The highest BCUT2D eigenvalue weighted by atomic mass is 16.5. The molecule has 5 heteroatoms. The lowest BCUT2D eigenvalue weighted by Gasteiger charge is -2.33. The minimum atomic E-state index is -0.990. The van der Waals surface area contributed by atoms with E-state index in [-0.39, 0.29) is 12.5 Å². The Balaban J connectivity index is 1.47. The summed E-state index contributed by atoms with van der Waals surface area (Å²) in [5.74, 6) is 0.115. The second-order valence-electron chi connectivity index (χ2n) is 6.87. The molecule has 3 rings (SSSR count). The first-order valence-corrected chi connectivity index (χ1v) is 8.80. The van der Waals surface area contributed by atoms with E-state index in [9.17, 15) is 9.59 Å². The number of hydrogen-bond acceptors (Lipinski definition) is 3. The monoisotopic (exact) mass is 331 g/mol. The maximum Gasteiger partial charge on any atom is 0.334 e. The average Bonchev–Trinajstić information content (AvgIpc) is 2.63. The van der Waals surface area contributed by atoms with Gasteiger partial charge in [0.15, 0.2) is 6.10 Å². The molecule has 5 nitrogen and oxygen atoms in total. The normalized spacial score (nSPS) is 27.7. The van der Waals surface area contributed by atoms with E-state index in [1.54, 1.807) is 4.90 Å². The van der Waals surface area contributed by atoms with Gasteiger partial charge >= 0.3 is 5.97 Å². The number of carbonyl (C=O) groups excluding carboxylic acids is 1. The summed E-state index contributed by atoms with van der Waals surface area (Å²) in [5.41, 5.74) is 1.40. The number of ether oxygens (including phenoxy) is 1. The van der Waals surface area contributed by atoms with Crippen LogP contribution in [0.25, 0.3) is 0 Å². The lowest BCUT2D eigenvalue weighted by atomic mass is 9.77. The molecule has 1 aromatic carbocycles. The minimum Gasteiger partial charge on any atom is -0.479 e. The van der Waals surface area contributed by atoms with Crippen molar-refractivity contribution in [1.29, 1.82) is 0 Å². The SMILES string of the molecule is O=C(O)[C@@H]1CN(C(=O)CC2CCC(c3ccccc3)CC2)CCO1. The fourth-order valence-corrected chi connectivity index (χ4v) is 3.83. The van der Waals surface area contributed by atoms with Gasteiger partial charge < -0.3 is 14.7 Å². The molecule has 1 aliphatic heterocycles. The van der Waals surface area contributed by atoms with E-state index < -0.39 is 12.1 Å². The standard InChI is InChI=1S/C19H25NO4/c21-18(20-10-11-24-17(13-20)19(22)23)12-14-6-8-16(9-7-14)15-4-2-1-3-5-15/h1-5,14,16-17H,6-13H2,(H,22,23)/t14?,16?,17-/m0/s1. The highest BCUT2D eigenvalue weighted by Gasteiger charge is 2.31. The summed E-state index contributed by atoms with van der Waals surface area (Å²) >= 11 is 0. The second kappa shape index (κ2) is 7.79. The van der Waals surface area contributed by atoms with Crippen LogP contribution in [0.5, 0.6) is 0 Å². The number of carboxylic acids is 1. The number of hydrogen-bond donors (Lipinski definition) is 1. The van der Waals surface area contributed by atoms with E-state index in [0.717, 1.165) is 25.7 Å². The zero-order valence-corrected chi connectivity index (χ0v) is 13.9. The van der Waals surface area contributed by atoms with Crippen LogP contribution in [0.3, 0.4) is 0 Å². The topological polar surface area (TPSA) is 66.8 Å². The Morgan fingerprint density at radius 1 is 1.12 bits per heavy atom. The molecular formula is C19H25NO4. The maximum atomic E-state index is 12.5. The number of amides is 1. The molecule has 1 N–H and O–H groups in total. The molecule has 0 bridgehead atoms. The van der Waals surface area contributed by atoms with Crippen LogP contribution in [0.1, 0.15) is 43.6 Å². The van der Waals surface area contributed by atoms with Gasteiger partial charge in [0.25, 0.3) is 0 Å². The predicted octanol–water partition coefficient (Wildman–Crippen LogP) is 2.66. The predicted molar refractivity (Wildman–Crippen MR) is 89.7 cm³/mol. The molecule has 1 amide bonds. The van der Waals surface area contributed by atoms with Crippen LogP contribution in [-0.2, 0) is 14.3 Å². The molecule has 0 unspecified atom stereocenters. The van der Waals surface area contributed by atoms with Crippen LogP contribution in [0.15, 0.2) is 30.3 Å². The lowest BCUT2D eigenvalue weighted by Crippen LogP contribution is -2.48.